The summed E-state index contributed by atoms with van der Waals surface area (Å²) in [7, 11) is 0. The zero-order valence-electron chi connectivity index (χ0n) is 27.4. The lowest BCUT2D eigenvalue weighted by Crippen LogP contribution is -2.53. The van der Waals surface area contributed by atoms with Gasteiger partial charge in [-0.25, -0.2) is 19.2 Å². The highest BCUT2D eigenvalue weighted by atomic mass is 16.7. The monoisotopic (exact) mass is 772 g/mol. The molecule has 12 N–H and O–H groups in total. The van der Waals surface area contributed by atoms with E-state index in [0.717, 1.165) is 24.3 Å². The van der Waals surface area contributed by atoms with E-state index in [1.807, 2.05) is 0 Å². The summed E-state index contributed by atoms with van der Waals surface area (Å²) in [5.74, 6) is -16.4. The number of benzene rings is 4. The van der Waals surface area contributed by atoms with Gasteiger partial charge in [0.05, 0.1) is 28.7 Å². The summed E-state index contributed by atoms with van der Waals surface area (Å²) in [6, 6.07) is 5.70. The lowest BCUT2D eigenvalue weighted by atomic mass is 10.0. The number of hydrogen-bond donors (Lipinski definition) is 12. The van der Waals surface area contributed by atoms with Crippen LogP contribution in [-0.4, -0.2) is 116 Å². The molecule has 1 aliphatic rings. The lowest BCUT2D eigenvalue weighted by molar-refractivity contribution is -0.238. The standard InChI is InChI=1S/C34H28O21/c35-15-1-11(2-16(36)26(15)42)31(47)51-10-24-30(46)23(9-25(52-24)55-34(50)13-5-19(39)28(44)20(40)6-13)54-33(49)14-7-21(41)29(45)22(8-14)53-32(48)12-3-17(37)27(43)18(38)4-12/h1-8,23-25,30,35-46H,9-10H2/t23-,24-,25+,30+/m1/s1. The Hall–Kier alpha value is -7.52. The minimum atomic E-state index is -1.90. The zero-order valence-corrected chi connectivity index (χ0v) is 27.4. The van der Waals surface area contributed by atoms with E-state index in [1.54, 1.807) is 0 Å². The van der Waals surface area contributed by atoms with E-state index in [-0.39, 0.29) is 0 Å². The minimum absolute atomic E-state index is 0.473. The summed E-state index contributed by atoms with van der Waals surface area (Å²) in [5, 5.41) is 119. The minimum Gasteiger partial charge on any atom is -0.504 e. The second-order valence-corrected chi connectivity index (χ2v) is 11.6. The molecule has 1 heterocycles. The maximum absolute atomic E-state index is 13.3. The predicted molar refractivity (Wildman–Crippen MR) is 173 cm³/mol. The van der Waals surface area contributed by atoms with Gasteiger partial charge in [-0.15, -0.1) is 0 Å². The molecule has 55 heavy (non-hydrogen) atoms. The van der Waals surface area contributed by atoms with Crippen LogP contribution in [0.1, 0.15) is 47.9 Å². The number of esters is 4. The Morgan fingerprint density at radius 2 is 0.909 bits per heavy atom. The van der Waals surface area contributed by atoms with Crippen LogP contribution in [0.25, 0.3) is 0 Å². The first-order chi connectivity index (χ1) is 25.8. The fourth-order valence-corrected chi connectivity index (χ4v) is 4.98. The Morgan fingerprint density at radius 3 is 1.38 bits per heavy atom. The van der Waals surface area contributed by atoms with E-state index in [0.29, 0.717) is 24.3 Å². The largest absolute Gasteiger partial charge is 0.504 e. The topological polar surface area (TPSA) is 357 Å². The van der Waals surface area contributed by atoms with E-state index >= 15 is 0 Å². The van der Waals surface area contributed by atoms with Crippen molar-refractivity contribution in [2.24, 2.45) is 0 Å². The number of hydrogen-bond acceptors (Lipinski definition) is 21. The first-order valence-corrected chi connectivity index (χ1v) is 15.3. The first kappa shape index (κ1) is 38.7. The number of carbonyl (C=O) groups excluding carboxylic acids is 4. The quantitative estimate of drug-likeness (QED) is 0.0494. The van der Waals surface area contributed by atoms with Gasteiger partial charge in [-0.05, 0) is 48.5 Å². The number of rotatable bonds is 9. The predicted octanol–water partition coefficient (Wildman–Crippen LogP) is 1.38. The summed E-state index contributed by atoms with van der Waals surface area (Å²) in [5.41, 5.74) is -2.15. The highest BCUT2D eigenvalue weighted by molar-refractivity contribution is 5.95. The molecule has 4 aromatic carbocycles. The Morgan fingerprint density at radius 1 is 0.527 bits per heavy atom. The van der Waals surface area contributed by atoms with Gasteiger partial charge >= 0.3 is 23.9 Å². The van der Waals surface area contributed by atoms with Gasteiger partial charge in [0.1, 0.15) is 24.9 Å². The lowest BCUT2D eigenvalue weighted by Gasteiger charge is -2.38. The van der Waals surface area contributed by atoms with Crippen molar-refractivity contribution in [1.82, 2.24) is 0 Å². The molecular formula is C34H28O21. The fraction of sp³-hybridized carbons (Fsp3) is 0.176. The average molecular weight is 773 g/mol. The maximum atomic E-state index is 13.3. The van der Waals surface area contributed by atoms with Crippen LogP contribution >= 0.6 is 0 Å². The molecule has 0 spiro atoms. The van der Waals surface area contributed by atoms with E-state index in [2.05, 4.69) is 0 Å². The van der Waals surface area contributed by atoms with Crippen LogP contribution in [0.2, 0.25) is 0 Å². The van der Waals surface area contributed by atoms with Crippen LogP contribution in [-0.2, 0) is 18.9 Å². The van der Waals surface area contributed by atoms with Gasteiger partial charge < -0.3 is 85.0 Å². The van der Waals surface area contributed by atoms with Crippen molar-refractivity contribution in [2.75, 3.05) is 6.61 Å². The van der Waals surface area contributed by atoms with Crippen LogP contribution in [0.5, 0.6) is 69.0 Å². The number of aromatic hydroxyl groups is 11. The Kier molecular flexibility index (Phi) is 10.7. The van der Waals surface area contributed by atoms with E-state index in [4.69, 9.17) is 23.7 Å². The Balaban J connectivity index is 1.38. The van der Waals surface area contributed by atoms with Crippen LogP contribution in [0.3, 0.4) is 0 Å². The zero-order chi connectivity index (χ0) is 40.5. The molecule has 5 rings (SSSR count). The summed E-state index contributed by atoms with van der Waals surface area (Å²) < 4.78 is 26.2. The van der Waals surface area contributed by atoms with Crippen molar-refractivity contribution in [3.8, 4) is 69.0 Å². The third-order valence-electron chi connectivity index (χ3n) is 7.80. The molecule has 1 fully saturated rings. The second kappa shape index (κ2) is 15.2. The normalized spacial score (nSPS) is 17.8. The van der Waals surface area contributed by atoms with Crippen molar-refractivity contribution >= 4 is 23.9 Å². The van der Waals surface area contributed by atoms with Crippen molar-refractivity contribution in [3.05, 3.63) is 70.8 Å². The molecule has 290 valence electrons. The molecule has 0 unspecified atom stereocenters. The molecule has 21 nitrogen and oxygen atoms in total. The van der Waals surface area contributed by atoms with Gasteiger partial charge in [0.15, 0.2) is 63.2 Å². The third-order valence-corrected chi connectivity index (χ3v) is 7.80. The van der Waals surface area contributed by atoms with Crippen LogP contribution in [0.15, 0.2) is 48.5 Å². The van der Waals surface area contributed by atoms with Gasteiger partial charge in [0.25, 0.3) is 0 Å². The maximum Gasteiger partial charge on any atom is 0.343 e. The highest BCUT2D eigenvalue weighted by Crippen LogP contribution is 2.40. The van der Waals surface area contributed by atoms with Gasteiger partial charge in [0, 0.05) is 0 Å². The molecule has 1 saturated heterocycles. The van der Waals surface area contributed by atoms with Gasteiger partial charge in [0.2, 0.25) is 12.0 Å². The summed E-state index contributed by atoms with van der Waals surface area (Å²) >= 11 is 0. The Bertz CT molecular complexity index is 2130. The number of carbonyl (C=O) groups is 4. The van der Waals surface area contributed by atoms with Gasteiger partial charge in [-0.1, -0.05) is 0 Å². The van der Waals surface area contributed by atoms with E-state index < -0.39 is 153 Å². The Labute approximate surface area is 305 Å². The van der Waals surface area contributed by atoms with Crippen molar-refractivity contribution in [2.45, 2.75) is 31.0 Å². The molecule has 4 atom stereocenters. The summed E-state index contributed by atoms with van der Waals surface area (Å²) in [4.78, 5) is 51.6. The van der Waals surface area contributed by atoms with Crippen LogP contribution in [0, 0.1) is 0 Å². The van der Waals surface area contributed by atoms with Crippen LogP contribution < -0.4 is 4.74 Å². The average Bonchev–Trinajstić information content (AvgIpc) is 3.13. The third kappa shape index (κ3) is 8.27. The smallest absolute Gasteiger partial charge is 0.343 e. The summed E-state index contributed by atoms with van der Waals surface area (Å²) in [6.07, 6.45) is -7.69. The number of aliphatic hydroxyl groups excluding tert-OH is 1. The number of ether oxygens (including phenoxy) is 5. The fourth-order valence-electron chi connectivity index (χ4n) is 4.98. The molecule has 1 aliphatic heterocycles. The second-order valence-electron chi connectivity index (χ2n) is 11.6. The number of aliphatic hydroxyl groups is 1. The molecule has 4 aromatic rings. The van der Waals surface area contributed by atoms with Crippen molar-refractivity contribution in [1.29, 1.82) is 0 Å². The van der Waals surface area contributed by atoms with Crippen molar-refractivity contribution < 1.29 is 104 Å². The van der Waals surface area contributed by atoms with Crippen molar-refractivity contribution in [3.63, 3.8) is 0 Å². The molecule has 0 saturated carbocycles. The molecule has 0 bridgehead atoms. The SMILES string of the molecule is O=C(OC[C@H]1O[C@@H](OC(=O)c2cc(O)c(O)c(O)c2)C[C@@H](OC(=O)c2cc(O)c(O)c(OC(=O)c3cc(O)c(O)c(O)c3)c2)[C@@H]1O)c1cc(O)c(O)c(O)c1. The van der Waals surface area contributed by atoms with E-state index in [1.165, 1.54) is 0 Å². The number of phenols is 11. The molecule has 21 heteroatoms. The molecule has 0 aromatic heterocycles. The summed E-state index contributed by atoms with van der Waals surface area (Å²) in [6.45, 7) is -0.881. The molecule has 0 amide bonds. The van der Waals surface area contributed by atoms with Gasteiger partial charge in [-0.3, -0.25) is 0 Å². The molecular weight excluding hydrogens is 744 g/mol. The van der Waals surface area contributed by atoms with Crippen LogP contribution in [0.4, 0.5) is 0 Å². The van der Waals surface area contributed by atoms with Gasteiger partial charge in [-0.2, -0.15) is 0 Å². The number of phenolic OH excluding ortho intramolecular Hbond substituents is 11. The highest BCUT2D eigenvalue weighted by Gasteiger charge is 2.43. The van der Waals surface area contributed by atoms with E-state index in [9.17, 15) is 80.5 Å². The first-order valence-electron chi connectivity index (χ1n) is 15.3. The molecule has 0 radical (unpaired) electrons. The molecule has 0 aliphatic carbocycles.